The van der Waals surface area contributed by atoms with Gasteiger partial charge in [0.05, 0.1) is 6.61 Å². The number of anilines is 1. The second-order valence-electron chi connectivity index (χ2n) is 4.73. The second-order valence-corrected chi connectivity index (χ2v) is 4.73. The van der Waals surface area contributed by atoms with Gasteiger partial charge in [0.15, 0.2) is 0 Å². The van der Waals surface area contributed by atoms with Crippen LogP contribution in [0.1, 0.15) is 23.2 Å². The van der Waals surface area contributed by atoms with Crippen molar-refractivity contribution in [1.29, 1.82) is 0 Å². The van der Waals surface area contributed by atoms with Crippen molar-refractivity contribution in [2.45, 2.75) is 18.9 Å². The van der Waals surface area contributed by atoms with Gasteiger partial charge in [0.25, 0.3) is 0 Å². The van der Waals surface area contributed by atoms with E-state index in [0.717, 1.165) is 19.5 Å². The molecule has 0 bridgehead atoms. The van der Waals surface area contributed by atoms with Gasteiger partial charge < -0.3 is 21.1 Å². The molecule has 1 unspecified atom stereocenters. The number of aromatic nitrogens is 1. The average molecular weight is 264 g/mol. The van der Waals surface area contributed by atoms with Crippen LogP contribution in [0.25, 0.3) is 0 Å². The van der Waals surface area contributed by atoms with Crippen molar-refractivity contribution < 1.29 is 9.90 Å². The molecule has 0 aliphatic carbocycles. The van der Waals surface area contributed by atoms with Crippen LogP contribution in [0, 0.1) is 0 Å². The molecule has 1 aromatic heterocycles. The number of carbonyl (C=O) groups excluding carboxylic acids is 1. The highest BCUT2D eigenvalue weighted by molar-refractivity contribution is 5.93. The molecule has 1 saturated heterocycles. The van der Waals surface area contributed by atoms with Crippen molar-refractivity contribution in [1.82, 2.24) is 10.3 Å². The maximum atomic E-state index is 11.2. The topological polar surface area (TPSA) is 91.5 Å². The molecule has 1 amide bonds. The first-order chi connectivity index (χ1) is 9.20. The summed E-state index contributed by atoms with van der Waals surface area (Å²) in [7, 11) is 0. The molecule has 6 nitrogen and oxygen atoms in total. The SMILES string of the molecule is NC(=O)c1ccnc(N(CCO)CC2CCCN2)c1. The number of rotatable bonds is 6. The molecule has 2 heterocycles. The Hall–Kier alpha value is -1.66. The molecule has 1 aliphatic heterocycles. The van der Waals surface area contributed by atoms with Crippen LogP contribution in [-0.2, 0) is 0 Å². The lowest BCUT2D eigenvalue weighted by Gasteiger charge is -2.26. The molecular formula is C13H20N4O2. The van der Waals surface area contributed by atoms with Gasteiger partial charge in [0, 0.05) is 30.9 Å². The van der Waals surface area contributed by atoms with Crippen molar-refractivity contribution in [2.75, 3.05) is 31.1 Å². The van der Waals surface area contributed by atoms with Crippen LogP contribution >= 0.6 is 0 Å². The van der Waals surface area contributed by atoms with E-state index >= 15 is 0 Å². The van der Waals surface area contributed by atoms with Crippen LogP contribution < -0.4 is 16.0 Å². The Kier molecular flexibility index (Phi) is 4.70. The smallest absolute Gasteiger partial charge is 0.248 e. The average Bonchev–Trinajstić information content (AvgIpc) is 2.91. The quantitative estimate of drug-likeness (QED) is 0.658. The summed E-state index contributed by atoms with van der Waals surface area (Å²) in [5.41, 5.74) is 5.71. The lowest BCUT2D eigenvalue weighted by molar-refractivity contribution is 0.1000. The Balaban J connectivity index is 2.12. The van der Waals surface area contributed by atoms with E-state index in [1.807, 2.05) is 4.90 Å². The van der Waals surface area contributed by atoms with Gasteiger partial charge >= 0.3 is 0 Å². The molecule has 1 atom stereocenters. The Morgan fingerprint density at radius 3 is 3.11 bits per heavy atom. The van der Waals surface area contributed by atoms with E-state index in [9.17, 15) is 4.79 Å². The fraction of sp³-hybridized carbons (Fsp3) is 0.538. The van der Waals surface area contributed by atoms with E-state index in [2.05, 4.69) is 10.3 Å². The molecule has 0 saturated carbocycles. The Morgan fingerprint density at radius 2 is 2.47 bits per heavy atom. The predicted molar refractivity (Wildman–Crippen MR) is 73.1 cm³/mol. The van der Waals surface area contributed by atoms with Crippen molar-refractivity contribution in [3.05, 3.63) is 23.9 Å². The third-order valence-electron chi connectivity index (χ3n) is 3.33. The van der Waals surface area contributed by atoms with Crippen LogP contribution in [0.4, 0.5) is 5.82 Å². The van der Waals surface area contributed by atoms with Gasteiger partial charge in [-0.15, -0.1) is 0 Å². The molecule has 1 aliphatic rings. The van der Waals surface area contributed by atoms with Gasteiger partial charge in [-0.3, -0.25) is 4.79 Å². The molecule has 1 aromatic rings. The largest absolute Gasteiger partial charge is 0.395 e. The summed E-state index contributed by atoms with van der Waals surface area (Å²) in [6, 6.07) is 3.68. The zero-order valence-corrected chi connectivity index (χ0v) is 10.9. The summed E-state index contributed by atoms with van der Waals surface area (Å²) in [6.45, 7) is 2.35. The first-order valence-corrected chi connectivity index (χ1v) is 6.55. The van der Waals surface area contributed by atoms with Crippen molar-refractivity contribution in [3.63, 3.8) is 0 Å². The third kappa shape index (κ3) is 3.65. The van der Waals surface area contributed by atoms with E-state index in [1.165, 1.54) is 6.42 Å². The number of hydrogen-bond donors (Lipinski definition) is 3. The van der Waals surface area contributed by atoms with Gasteiger partial charge in [-0.2, -0.15) is 0 Å². The van der Waals surface area contributed by atoms with Crippen LogP contribution in [0.15, 0.2) is 18.3 Å². The molecule has 104 valence electrons. The maximum Gasteiger partial charge on any atom is 0.248 e. The molecule has 19 heavy (non-hydrogen) atoms. The maximum absolute atomic E-state index is 11.2. The van der Waals surface area contributed by atoms with Gasteiger partial charge in [-0.25, -0.2) is 4.98 Å². The predicted octanol–water partition coefficient (Wildman–Crippen LogP) is -0.269. The second kappa shape index (κ2) is 6.49. The Bertz CT molecular complexity index is 432. The van der Waals surface area contributed by atoms with Gasteiger partial charge in [-0.1, -0.05) is 0 Å². The Morgan fingerprint density at radius 1 is 1.63 bits per heavy atom. The summed E-state index contributed by atoms with van der Waals surface area (Å²) in [4.78, 5) is 17.4. The zero-order valence-electron chi connectivity index (χ0n) is 10.9. The van der Waals surface area contributed by atoms with Gasteiger partial charge in [0.2, 0.25) is 5.91 Å². The van der Waals surface area contributed by atoms with Gasteiger partial charge in [0.1, 0.15) is 5.82 Å². The molecular weight excluding hydrogens is 244 g/mol. The highest BCUT2D eigenvalue weighted by Crippen LogP contribution is 2.15. The van der Waals surface area contributed by atoms with E-state index in [1.54, 1.807) is 18.3 Å². The summed E-state index contributed by atoms with van der Waals surface area (Å²) in [5.74, 6) is 0.214. The van der Waals surface area contributed by atoms with Crippen molar-refractivity contribution >= 4 is 11.7 Å². The zero-order chi connectivity index (χ0) is 13.7. The minimum atomic E-state index is -0.466. The fourth-order valence-corrected chi connectivity index (χ4v) is 2.34. The summed E-state index contributed by atoms with van der Waals surface area (Å²) in [6.07, 6.45) is 3.87. The first kappa shape index (κ1) is 13.8. The number of pyridine rings is 1. The number of nitrogens with zero attached hydrogens (tertiary/aromatic N) is 2. The number of amides is 1. The van der Waals surface area contributed by atoms with Crippen LogP contribution in [-0.4, -0.2) is 48.3 Å². The van der Waals surface area contributed by atoms with E-state index < -0.39 is 5.91 Å². The highest BCUT2D eigenvalue weighted by atomic mass is 16.3. The van der Waals surface area contributed by atoms with E-state index in [0.29, 0.717) is 24.0 Å². The van der Waals surface area contributed by atoms with E-state index in [4.69, 9.17) is 10.8 Å². The minimum absolute atomic E-state index is 0.0508. The summed E-state index contributed by atoms with van der Waals surface area (Å²) < 4.78 is 0. The fourth-order valence-electron chi connectivity index (χ4n) is 2.34. The molecule has 6 heteroatoms. The molecule has 1 fully saturated rings. The molecule has 4 N–H and O–H groups in total. The number of primary amides is 1. The number of aliphatic hydroxyl groups excluding tert-OH is 1. The number of aliphatic hydroxyl groups is 1. The first-order valence-electron chi connectivity index (χ1n) is 6.55. The lowest BCUT2D eigenvalue weighted by atomic mass is 10.2. The molecule has 2 rings (SSSR count). The Labute approximate surface area is 112 Å². The van der Waals surface area contributed by atoms with Crippen molar-refractivity contribution in [3.8, 4) is 0 Å². The van der Waals surface area contributed by atoms with Gasteiger partial charge in [-0.05, 0) is 31.5 Å². The summed E-state index contributed by atoms with van der Waals surface area (Å²) >= 11 is 0. The third-order valence-corrected chi connectivity index (χ3v) is 3.33. The van der Waals surface area contributed by atoms with E-state index in [-0.39, 0.29) is 6.61 Å². The van der Waals surface area contributed by atoms with Crippen LogP contribution in [0.3, 0.4) is 0 Å². The lowest BCUT2D eigenvalue weighted by Crippen LogP contribution is -2.39. The molecule has 0 radical (unpaired) electrons. The standard InChI is InChI=1S/C13H20N4O2/c14-13(19)10-3-5-16-12(8-10)17(6-7-18)9-11-2-1-4-15-11/h3,5,8,11,15,18H,1-2,4,6-7,9H2,(H2,14,19). The minimum Gasteiger partial charge on any atom is -0.395 e. The number of nitrogens with one attached hydrogen (secondary N) is 1. The molecule has 0 spiro atoms. The number of hydrogen-bond acceptors (Lipinski definition) is 5. The summed E-state index contributed by atoms with van der Waals surface area (Å²) in [5, 5.41) is 12.6. The number of nitrogens with two attached hydrogens (primary N) is 1. The molecule has 0 aromatic carbocycles. The normalized spacial score (nSPS) is 18.5. The van der Waals surface area contributed by atoms with Crippen LogP contribution in [0.5, 0.6) is 0 Å². The van der Waals surface area contributed by atoms with Crippen molar-refractivity contribution in [2.24, 2.45) is 5.73 Å². The highest BCUT2D eigenvalue weighted by Gasteiger charge is 2.19. The monoisotopic (exact) mass is 264 g/mol. The van der Waals surface area contributed by atoms with Crippen LogP contribution in [0.2, 0.25) is 0 Å². The number of carbonyl (C=O) groups is 1.